The van der Waals surface area contributed by atoms with Gasteiger partial charge < -0.3 is 20.7 Å². The second kappa shape index (κ2) is 6.33. The number of nitrogens with two attached hydrogens (primary N) is 1. The summed E-state index contributed by atoms with van der Waals surface area (Å²) in [6, 6.07) is 5.63. The molecule has 0 unspecified atom stereocenters. The van der Waals surface area contributed by atoms with Crippen LogP contribution in [0.25, 0.3) is 0 Å². The molecule has 7 heteroatoms. The Morgan fingerprint density at radius 2 is 2.41 bits per heavy atom. The third-order valence-corrected chi connectivity index (χ3v) is 4.36. The Hall–Kier alpha value is -2.12. The zero-order valence-electron chi connectivity index (χ0n) is 12.3. The van der Waals surface area contributed by atoms with Crippen molar-refractivity contribution < 1.29 is 9.53 Å². The van der Waals surface area contributed by atoms with Crippen molar-refractivity contribution in [2.45, 2.75) is 6.42 Å². The lowest BCUT2D eigenvalue weighted by molar-refractivity contribution is 0.102. The fraction of sp³-hybridized carbons (Fsp3) is 0.333. The summed E-state index contributed by atoms with van der Waals surface area (Å²) in [4.78, 5) is 18.6. The van der Waals surface area contributed by atoms with E-state index < -0.39 is 0 Å². The second-order valence-electron chi connectivity index (χ2n) is 5.07. The molecule has 0 bridgehead atoms. The highest BCUT2D eigenvalue weighted by Gasteiger charge is 2.16. The van der Waals surface area contributed by atoms with E-state index in [0.29, 0.717) is 25.3 Å². The van der Waals surface area contributed by atoms with Crippen LogP contribution in [0, 0.1) is 0 Å². The van der Waals surface area contributed by atoms with Crippen LogP contribution in [0.3, 0.4) is 0 Å². The minimum Gasteiger partial charge on any atom is -0.490 e. The molecule has 2 heterocycles. The van der Waals surface area contributed by atoms with Crippen molar-refractivity contribution in [1.82, 2.24) is 4.98 Å². The monoisotopic (exact) mass is 318 g/mol. The smallest absolute Gasteiger partial charge is 0.275 e. The van der Waals surface area contributed by atoms with Gasteiger partial charge in [0.1, 0.15) is 18.1 Å². The Labute approximate surface area is 132 Å². The van der Waals surface area contributed by atoms with Crippen LogP contribution in [0.15, 0.2) is 23.6 Å². The molecule has 0 spiro atoms. The Balaban J connectivity index is 1.74. The highest BCUT2D eigenvalue weighted by atomic mass is 32.1. The molecule has 6 nitrogen and oxygen atoms in total. The number of anilines is 2. The summed E-state index contributed by atoms with van der Waals surface area (Å²) in [6.45, 7) is 2.04. The molecule has 0 fully saturated rings. The van der Waals surface area contributed by atoms with Crippen LogP contribution >= 0.6 is 11.3 Å². The summed E-state index contributed by atoms with van der Waals surface area (Å²) in [5, 5.41) is 5.51. The fourth-order valence-electron chi connectivity index (χ4n) is 2.28. The largest absolute Gasteiger partial charge is 0.490 e. The van der Waals surface area contributed by atoms with Gasteiger partial charge in [-0.15, -0.1) is 11.3 Å². The number of amides is 1. The normalized spacial score (nSPS) is 13.5. The molecule has 1 aromatic carbocycles. The molecule has 0 radical (unpaired) electrons. The second-order valence-corrected chi connectivity index (χ2v) is 6.01. The Kier molecular flexibility index (Phi) is 4.26. The van der Waals surface area contributed by atoms with Gasteiger partial charge in [-0.1, -0.05) is 0 Å². The van der Waals surface area contributed by atoms with E-state index in [9.17, 15) is 4.79 Å². The summed E-state index contributed by atoms with van der Waals surface area (Å²) >= 11 is 1.46. The Morgan fingerprint density at radius 3 is 3.23 bits per heavy atom. The van der Waals surface area contributed by atoms with Crippen molar-refractivity contribution in [3.63, 3.8) is 0 Å². The first-order chi connectivity index (χ1) is 10.7. The van der Waals surface area contributed by atoms with Gasteiger partial charge in [0.2, 0.25) is 0 Å². The van der Waals surface area contributed by atoms with E-state index in [0.717, 1.165) is 28.7 Å². The SMILES string of the molecule is CN1CCOc2ccc(NC(=O)c3csc(CCN)n3)cc21. The maximum atomic E-state index is 12.2. The van der Waals surface area contributed by atoms with Gasteiger partial charge >= 0.3 is 0 Å². The van der Waals surface area contributed by atoms with E-state index in [4.69, 9.17) is 10.5 Å². The molecule has 1 aromatic heterocycles. The number of thiazole rings is 1. The first-order valence-electron chi connectivity index (χ1n) is 7.11. The fourth-order valence-corrected chi connectivity index (χ4v) is 3.07. The molecule has 1 aliphatic heterocycles. The first-order valence-corrected chi connectivity index (χ1v) is 7.99. The van der Waals surface area contributed by atoms with Gasteiger partial charge in [0.15, 0.2) is 0 Å². The van der Waals surface area contributed by atoms with E-state index >= 15 is 0 Å². The zero-order chi connectivity index (χ0) is 15.5. The number of rotatable bonds is 4. The number of nitrogens with one attached hydrogen (secondary N) is 1. The van der Waals surface area contributed by atoms with Crippen LogP contribution in [0.1, 0.15) is 15.5 Å². The van der Waals surface area contributed by atoms with E-state index in [2.05, 4.69) is 15.2 Å². The summed E-state index contributed by atoms with van der Waals surface area (Å²) in [6.07, 6.45) is 0.693. The van der Waals surface area contributed by atoms with Crippen LogP contribution < -0.4 is 20.7 Å². The number of benzene rings is 1. The summed E-state index contributed by atoms with van der Waals surface area (Å²) < 4.78 is 5.59. The highest BCUT2D eigenvalue weighted by molar-refractivity contribution is 7.09. The van der Waals surface area contributed by atoms with Crippen LogP contribution in [-0.4, -0.2) is 37.6 Å². The lowest BCUT2D eigenvalue weighted by Gasteiger charge is -2.28. The average molecular weight is 318 g/mol. The lowest BCUT2D eigenvalue weighted by Crippen LogP contribution is -2.28. The van der Waals surface area contributed by atoms with Gasteiger partial charge in [-0.05, 0) is 24.7 Å². The van der Waals surface area contributed by atoms with Gasteiger partial charge in [0.05, 0.1) is 17.2 Å². The van der Waals surface area contributed by atoms with Gasteiger partial charge in [-0.25, -0.2) is 4.98 Å². The number of aromatic nitrogens is 1. The molecule has 3 N–H and O–H groups in total. The summed E-state index contributed by atoms with van der Waals surface area (Å²) in [7, 11) is 2.01. The molecular formula is C15H18N4O2S. The van der Waals surface area contributed by atoms with E-state index in [1.165, 1.54) is 11.3 Å². The maximum absolute atomic E-state index is 12.2. The predicted octanol–water partition coefficient (Wildman–Crippen LogP) is 1.73. The van der Waals surface area contributed by atoms with Crippen molar-refractivity contribution in [3.8, 4) is 5.75 Å². The van der Waals surface area contributed by atoms with E-state index in [1.54, 1.807) is 5.38 Å². The summed E-state index contributed by atoms with van der Waals surface area (Å²) in [5.41, 5.74) is 7.63. The minimum atomic E-state index is -0.209. The molecule has 0 aliphatic carbocycles. The molecule has 1 amide bonds. The van der Waals surface area contributed by atoms with Gasteiger partial charge in [-0.3, -0.25) is 4.79 Å². The van der Waals surface area contributed by atoms with Crippen molar-refractivity contribution >= 4 is 28.6 Å². The van der Waals surface area contributed by atoms with Gasteiger partial charge in [0, 0.05) is 24.5 Å². The van der Waals surface area contributed by atoms with Crippen LogP contribution in [-0.2, 0) is 6.42 Å². The Morgan fingerprint density at radius 1 is 1.55 bits per heavy atom. The van der Waals surface area contributed by atoms with Gasteiger partial charge in [-0.2, -0.15) is 0 Å². The van der Waals surface area contributed by atoms with Crippen molar-refractivity contribution in [1.29, 1.82) is 0 Å². The van der Waals surface area contributed by atoms with Crippen molar-refractivity contribution in [2.24, 2.45) is 5.73 Å². The third-order valence-electron chi connectivity index (χ3n) is 3.45. The number of fused-ring (bicyclic) bond motifs is 1. The average Bonchev–Trinajstić information content (AvgIpc) is 2.97. The van der Waals surface area contributed by atoms with Crippen LogP contribution in [0.4, 0.5) is 11.4 Å². The summed E-state index contributed by atoms with van der Waals surface area (Å²) in [5.74, 6) is 0.629. The number of nitrogens with zero attached hydrogens (tertiary/aromatic N) is 2. The van der Waals surface area contributed by atoms with E-state index in [1.807, 2.05) is 25.2 Å². The lowest BCUT2D eigenvalue weighted by atomic mass is 10.2. The van der Waals surface area contributed by atoms with Crippen LogP contribution in [0.2, 0.25) is 0 Å². The molecule has 0 saturated heterocycles. The number of carbonyl (C=O) groups excluding carboxylic acids is 1. The molecular weight excluding hydrogens is 300 g/mol. The third kappa shape index (κ3) is 3.05. The van der Waals surface area contributed by atoms with Crippen molar-refractivity contribution in [3.05, 3.63) is 34.3 Å². The first kappa shape index (κ1) is 14.8. The van der Waals surface area contributed by atoms with E-state index in [-0.39, 0.29) is 5.91 Å². The minimum absolute atomic E-state index is 0.209. The van der Waals surface area contributed by atoms with Crippen LogP contribution in [0.5, 0.6) is 5.75 Å². The molecule has 1 aliphatic rings. The number of hydrogen-bond donors (Lipinski definition) is 2. The highest BCUT2D eigenvalue weighted by Crippen LogP contribution is 2.33. The predicted molar refractivity (Wildman–Crippen MR) is 88.0 cm³/mol. The maximum Gasteiger partial charge on any atom is 0.275 e. The van der Waals surface area contributed by atoms with Crippen molar-refractivity contribution in [2.75, 3.05) is 37.0 Å². The molecule has 2 aromatic rings. The molecule has 22 heavy (non-hydrogen) atoms. The number of hydrogen-bond acceptors (Lipinski definition) is 6. The number of likely N-dealkylation sites (N-methyl/N-ethyl adjacent to an activating group) is 1. The molecule has 116 valence electrons. The zero-order valence-corrected chi connectivity index (χ0v) is 13.2. The Bertz CT molecular complexity index is 686. The quantitative estimate of drug-likeness (QED) is 0.897. The van der Waals surface area contributed by atoms with Gasteiger partial charge in [0.25, 0.3) is 5.91 Å². The number of ether oxygens (including phenoxy) is 1. The molecule has 0 atom stereocenters. The molecule has 0 saturated carbocycles. The topological polar surface area (TPSA) is 80.5 Å². The number of carbonyl (C=O) groups is 1. The standard InChI is InChI=1S/C15H18N4O2S/c1-19-6-7-21-13-3-2-10(8-12(13)19)17-15(20)11-9-22-14(18-11)4-5-16/h2-3,8-9H,4-7,16H2,1H3,(H,17,20). The molecule has 3 rings (SSSR count).